The molecule has 0 aliphatic carbocycles. The Kier molecular flexibility index (Phi) is 6.07. The molecule has 2 amide bonds. The van der Waals surface area contributed by atoms with Gasteiger partial charge in [0, 0.05) is 26.6 Å². The predicted molar refractivity (Wildman–Crippen MR) is 68.2 cm³/mol. The Bertz CT molecular complexity index is 288. The molecule has 0 bridgehead atoms. The van der Waals surface area contributed by atoms with Crippen LogP contribution in [0.2, 0.25) is 0 Å². The van der Waals surface area contributed by atoms with Gasteiger partial charge in [0.1, 0.15) is 5.60 Å². The average Bonchev–Trinajstić information content (AvgIpc) is 2.39. The van der Waals surface area contributed by atoms with Crippen molar-refractivity contribution >= 4 is 11.8 Å². The molecule has 1 aliphatic rings. The first-order valence-electron chi connectivity index (χ1n) is 6.45. The lowest BCUT2D eigenvalue weighted by Gasteiger charge is -2.34. The van der Waals surface area contributed by atoms with E-state index in [9.17, 15) is 9.59 Å². The number of nitrogens with one attached hydrogen (secondary N) is 3. The van der Waals surface area contributed by atoms with Crippen LogP contribution in [-0.4, -0.2) is 50.7 Å². The van der Waals surface area contributed by atoms with Crippen molar-refractivity contribution in [1.82, 2.24) is 16.0 Å². The van der Waals surface area contributed by atoms with Crippen molar-refractivity contribution in [1.29, 1.82) is 0 Å². The highest BCUT2D eigenvalue weighted by atomic mass is 16.5. The number of amides is 2. The van der Waals surface area contributed by atoms with Gasteiger partial charge in [0.25, 0.3) is 5.91 Å². The van der Waals surface area contributed by atoms with Gasteiger partial charge in [-0.2, -0.15) is 0 Å². The second-order valence-corrected chi connectivity index (χ2v) is 4.41. The number of hydrogen-bond donors (Lipinski definition) is 3. The maximum atomic E-state index is 12.1. The zero-order valence-corrected chi connectivity index (χ0v) is 11.2. The molecule has 0 saturated carbocycles. The molecule has 6 nitrogen and oxygen atoms in total. The van der Waals surface area contributed by atoms with Crippen molar-refractivity contribution in [2.75, 3.05) is 33.3 Å². The van der Waals surface area contributed by atoms with E-state index in [1.165, 1.54) is 0 Å². The van der Waals surface area contributed by atoms with Gasteiger partial charge in [-0.25, -0.2) is 0 Å². The molecule has 0 aromatic heterocycles. The van der Waals surface area contributed by atoms with Gasteiger partial charge in [-0.3, -0.25) is 9.59 Å². The summed E-state index contributed by atoms with van der Waals surface area (Å²) in [5, 5.41) is 8.67. The van der Waals surface area contributed by atoms with Crippen molar-refractivity contribution < 1.29 is 14.3 Å². The minimum atomic E-state index is -0.730. The van der Waals surface area contributed by atoms with Crippen molar-refractivity contribution in [3.63, 3.8) is 0 Å². The van der Waals surface area contributed by atoms with E-state index in [-0.39, 0.29) is 11.8 Å². The van der Waals surface area contributed by atoms with E-state index in [1.807, 2.05) is 6.92 Å². The zero-order valence-electron chi connectivity index (χ0n) is 11.2. The van der Waals surface area contributed by atoms with E-state index in [4.69, 9.17) is 4.74 Å². The average molecular weight is 257 g/mol. The Balaban J connectivity index is 2.36. The van der Waals surface area contributed by atoms with Crippen LogP contribution in [-0.2, 0) is 14.3 Å². The number of ether oxygens (including phenoxy) is 1. The molecule has 18 heavy (non-hydrogen) atoms. The van der Waals surface area contributed by atoms with Crippen LogP contribution >= 0.6 is 0 Å². The summed E-state index contributed by atoms with van der Waals surface area (Å²) in [7, 11) is 1.56. The quantitative estimate of drug-likeness (QED) is 0.593. The van der Waals surface area contributed by atoms with E-state index in [1.54, 1.807) is 7.11 Å². The van der Waals surface area contributed by atoms with Gasteiger partial charge in [-0.1, -0.05) is 0 Å². The summed E-state index contributed by atoms with van der Waals surface area (Å²) in [4.78, 5) is 23.3. The predicted octanol–water partition coefficient (Wildman–Crippen LogP) is -0.603. The van der Waals surface area contributed by atoms with Gasteiger partial charge in [0.05, 0.1) is 0 Å². The summed E-state index contributed by atoms with van der Waals surface area (Å²) in [6.45, 7) is 4.38. The van der Waals surface area contributed by atoms with Crippen LogP contribution in [0.5, 0.6) is 0 Å². The molecule has 1 heterocycles. The third-order valence-corrected chi connectivity index (χ3v) is 3.23. The number of piperidine rings is 1. The Morgan fingerprint density at radius 1 is 1.28 bits per heavy atom. The lowest BCUT2D eigenvalue weighted by atomic mass is 9.91. The summed E-state index contributed by atoms with van der Waals surface area (Å²) < 4.78 is 5.39. The Morgan fingerprint density at radius 3 is 2.50 bits per heavy atom. The number of methoxy groups -OCH3 is 1. The minimum absolute atomic E-state index is 0.0467. The standard InChI is InChI=1S/C12H23N3O3/c1-3-14-10(16)4-7-15-11(17)12(18-2)5-8-13-9-6-12/h13H,3-9H2,1-2H3,(H,14,16)(H,15,17). The smallest absolute Gasteiger partial charge is 0.252 e. The van der Waals surface area contributed by atoms with Gasteiger partial charge < -0.3 is 20.7 Å². The van der Waals surface area contributed by atoms with Crippen LogP contribution in [0, 0.1) is 0 Å². The van der Waals surface area contributed by atoms with E-state index in [0.717, 1.165) is 13.1 Å². The van der Waals surface area contributed by atoms with Crippen molar-refractivity contribution in [3.8, 4) is 0 Å². The van der Waals surface area contributed by atoms with Crippen LogP contribution in [0.3, 0.4) is 0 Å². The third-order valence-electron chi connectivity index (χ3n) is 3.23. The molecule has 1 saturated heterocycles. The summed E-state index contributed by atoms with van der Waals surface area (Å²) in [5.74, 6) is -0.162. The van der Waals surface area contributed by atoms with Crippen molar-refractivity contribution in [2.24, 2.45) is 0 Å². The molecule has 0 radical (unpaired) electrons. The van der Waals surface area contributed by atoms with E-state index < -0.39 is 5.60 Å². The summed E-state index contributed by atoms with van der Waals surface area (Å²) in [5.41, 5.74) is -0.730. The van der Waals surface area contributed by atoms with Crippen LogP contribution < -0.4 is 16.0 Å². The zero-order chi connectivity index (χ0) is 13.4. The molecular formula is C12H23N3O3. The number of carbonyl (C=O) groups is 2. The van der Waals surface area contributed by atoms with E-state index >= 15 is 0 Å². The molecule has 0 aromatic carbocycles. The molecule has 104 valence electrons. The first kappa shape index (κ1) is 14.9. The molecule has 0 atom stereocenters. The van der Waals surface area contributed by atoms with Gasteiger partial charge in [-0.15, -0.1) is 0 Å². The second kappa shape index (κ2) is 7.33. The van der Waals surface area contributed by atoms with Crippen molar-refractivity contribution in [2.45, 2.75) is 31.8 Å². The highest BCUT2D eigenvalue weighted by Gasteiger charge is 2.39. The lowest BCUT2D eigenvalue weighted by Crippen LogP contribution is -2.54. The largest absolute Gasteiger partial charge is 0.368 e. The Hall–Kier alpha value is -1.14. The Labute approximate surface area is 108 Å². The minimum Gasteiger partial charge on any atom is -0.368 e. The number of rotatable bonds is 6. The lowest BCUT2D eigenvalue weighted by molar-refractivity contribution is -0.146. The maximum Gasteiger partial charge on any atom is 0.252 e. The molecule has 0 unspecified atom stereocenters. The van der Waals surface area contributed by atoms with Crippen LogP contribution in [0.25, 0.3) is 0 Å². The summed E-state index contributed by atoms with van der Waals surface area (Å²) >= 11 is 0. The first-order valence-corrected chi connectivity index (χ1v) is 6.45. The topological polar surface area (TPSA) is 79.5 Å². The fourth-order valence-electron chi connectivity index (χ4n) is 2.09. The molecule has 0 aromatic rings. The van der Waals surface area contributed by atoms with Gasteiger partial charge in [-0.05, 0) is 32.9 Å². The summed E-state index contributed by atoms with van der Waals surface area (Å²) in [6.07, 6.45) is 1.63. The normalized spacial score (nSPS) is 18.1. The van der Waals surface area contributed by atoms with Gasteiger partial charge >= 0.3 is 0 Å². The van der Waals surface area contributed by atoms with Crippen LogP contribution in [0.4, 0.5) is 0 Å². The fourth-order valence-corrected chi connectivity index (χ4v) is 2.09. The molecule has 1 rings (SSSR count). The molecule has 6 heteroatoms. The van der Waals surface area contributed by atoms with Gasteiger partial charge in [0.15, 0.2) is 0 Å². The fraction of sp³-hybridized carbons (Fsp3) is 0.833. The van der Waals surface area contributed by atoms with Gasteiger partial charge in [0.2, 0.25) is 5.91 Å². The maximum absolute atomic E-state index is 12.1. The molecule has 3 N–H and O–H groups in total. The van der Waals surface area contributed by atoms with E-state index in [2.05, 4.69) is 16.0 Å². The van der Waals surface area contributed by atoms with E-state index in [0.29, 0.717) is 32.4 Å². The Morgan fingerprint density at radius 2 is 1.94 bits per heavy atom. The molecule has 1 fully saturated rings. The highest BCUT2D eigenvalue weighted by Crippen LogP contribution is 2.22. The molecule has 1 aliphatic heterocycles. The van der Waals surface area contributed by atoms with Crippen molar-refractivity contribution in [3.05, 3.63) is 0 Å². The SMILES string of the molecule is CCNC(=O)CCNC(=O)C1(OC)CCNCC1. The number of carbonyl (C=O) groups excluding carboxylic acids is 2. The van der Waals surface area contributed by atoms with Crippen LogP contribution in [0.15, 0.2) is 0 Å². The molecule has 0 spiro atoms. The number of hydrogen-bond acceptors (Lipinski definition) is 4. The monoisotopic (exact) mass is 257 g/mol. The first-order chi connectivity index (χ1) is 8.64. The van der Waals surface area contributed by atoms with Crippen LogP contribution in [0.1, 0.15) is 26.2 Å². The highest BCUT2D eigenvalue weighted by molar-refractivity contribution is 5.86. The molecular weight excluding hydrogens is 234 g/mol. The second-order valence-electron chi connectivity index (χ2n) is 4.41. The summed E-state index contributed by atoms with van der Waals surface area (Å²) in [6, 6.07) is 0. The third kappa shape index (κ3) is 3.96.